The molecule has 0 atom stereocenters. The molecule has 0 aliphatic heterocycles. The maximum atomic E-state index is 6.18. The SMILES string of the molecule is Cc1cc2nc(C3=CC=C(c4c5ccccc5c(-c5ccccc5)c5ccccc45)CC3)oc2cc1C. The zero-order valence-electron chi connectivity index (χ0n) is 21.1. The summed E-state index contributed by atoms with van der Waals surface area (Å²) in [5, 5.41) is 5.19. The van der Waals surface area contributed by atoms with Crippen molar-refractivity contribution in [3.05, 3.63) is 126 Å². The van der Waals surface area contributed by atoms with E-state index in [1.54, 1.807) is 0 Å². The highest BCUT2D eigenvalue weighted by Crippen LogP contribution is 2.44. The Labute approximate surface area is 216 Å². The van der Waals surface area contributed by atoms with E-state index in [2.05, 4.69) is 117 Å². The van der Waals surface area contributed by atoms with Gasteiger partial charge in [-0.2, -0.15) is 0 Å². The predicted octanol–water partition coefficient (Wildman–Crippen LogP) is 9.68. The number of hydrogen-bond acceptors (Lipinski definition) is 2. The van der Waals surface area contributed by atoms with E-state index in [-0.39, 0.29) is 0 Å². The van der Waals surface area contributed by atoms with Gasteiger partial charge in [0.15, 0.2) is 5.58 Å². The minimum atomic E-state index is 0.740. The van der Waals surface area contributed by atoms with E-state index in [9.17, 15) is 0 Å². The molecule has 0 saturated carbocycles. The lowest BCUT2D eigenvalue weighted by molar-refractivity contribution is 0.580. The van der Waals surface area contributed by atoms with Crippen LogP contribution in [-0.2, 0) is 0 Å². The quantitative estimate of drug-likeness (QED) is 0.237. The Hall–Kier alpha value is -4.43. The van der Waals surface area contributed by atoms with E-state index in [0.29, 0.717) is 0 Å². The molecule has 1 aliphatic carbocycles. The minimum absolute atomic E-state index is 0.740. The van der Waals surface area contributed by atoms with E-state index in [0.717, 1.165) is 35.4 Å². The molecule has 2 heteroatoms. The van der Waals surface area contributed by atoms with Gasteiger partial charge in [-0.15, -0.1) is 0 Å². The predicted molar refractivity (Wildman–Crippen MR) is 156 cm³/mol. The molecular formula is C35H27NO. The average Bonchev–Trinajstić information content (AvgIpc) is 3.35. The van der Waals surface area contributed by atoms with Gasteiger partial charge in [-0.25, -0.2) is 4.98 Å². The molecule has 0 amide bonds. The van der Waals surface area contributed by atoms with Crippen LogP contribution in [0, 0.1) is 13.8 Å². The first-order valence-electron chi connectivity index (χ1n) is 12.9. The zero-order valence-corrected chi connectivity index (χ0v) is 21.1. The van der Waals surface area contributed by atoms with Crippen LogP contribution in [0.2, 0.25) is 0 Å². The molecule has 0 saturated heterocycles. The molecule has 0 N–H and O–H groups in total. The Morgan fingerprint density at radius 1 is 0.595 bits per heavy atom. The first kappa shape index (κ1) is 21.8. The average molecular weight is 478 g/mol. The van der Waals surface area contributed by atoms with Gasteiger partial charge in [0.05, 0.1) is 0 Å². The van der Waals surface area contributed by atoms with Crippen LogP contribution in [0.4, 0.5) is 0 Å². The van der Waals surface area contributed by atoms with Crippen molar-refractivity contribution in [1.29, 1.82) is 0 Å². The Bertz CT molecular complexity index is 1790. The molecule has 1 aromatic heterocycles. The Balaban J connectivity index is 1.41. The minimum Gasteiger partial charge on any atom is -0.436 e. The summed E-state index contributed by atoms with van der Waals surface area (Å²) in [5.74, 6) is 0.740. The number of nitrogens with zero attached hydrogens (tertiary/aromatic N) is 1. The molecule has 0 bridgehead atoms. The topological polar surface area (TPSA) is 26.0 Å². The molecule has 0 radical (unpaired) electrons. The number of hydrogen-bond donors (Lipinski definition) is 0. The Morgan fingerprint density at radius 2 is 1.14 bits per heavy atom. The van der Waals surface area contributed by atoms with Crippen molar-refractivity contribution in [1.82, 2.24) is 4.98 Å². The highest BCUT2D eigenvalue weighted by molar-refractivity contribution is 6.19. The molecule has 6 aromatic rings. The summed E-state index contributed by atoms with van der Waals surface area (Å²) in [5.41, 5.74) is 10.7. The summed E-state index contributed by atoms with van der Waals surface area (Å²) >= 11 is 0. The van der Waals surface area contributed by atoms with Gasteiger partial charge in [0.1, 0.15) is 5.52 Å². The van der Waals surface area contributed by atoms with Crippen molar-refractivity contribution in [2.24, 2.45) is 0 Å². The number of allylic oxidation sites excluding steroid dienone is 4. The van der Waals surface area contributed by atoms with E-state index < -0.39 is 0 Å². The van der Waals surface area contributed by atoms with Gasteiger partial charge in [0.25, 0.3) is 0 Å². The van der Waals surface area contributed by atoms with Gasteiger partial charge < -0.3 is 4.42 Å². The van der Waals surface area contributed by atoms with Crippen molar-refractivity contribution in [2.45, 2.75) is 26.7 Å². The first-order chi connectivity index (χ1) is 18.2. The third-order valence-electron chi connectivity index (χ3n) is 7.74. The Morgan fingerprint density at radius 3 is 1.76 bits per heavy atom. The molecule has 0 fully saturated rings. The highest BCUT2D eigenvalue weighted by atomic mass is 16.3. The summed E-state index contributed by atoms with van der Waals surface area (Å²) in [6.45, 7) is 4.24. The summed E-state index contributed by atoms with van der Waals surface area (Å²) in [6, 6.07) is 32.7. The number of benzene rings is 5. The van der Waals surface area contributed by atoms with Crippen LogP contribution in [0.5, 0.6) is 0 Å². The van der Waals surface area contributed by atoms with Crippen LogP contribution in [-0.4, -0.2) is 4.98 Å². The standard InChI is InChI=1S/C35H27NO/c1-22-20-31-32(21-23(22)2)37-35(36-31)26-18-16-25(17-19-26)34-29-14-8-6-12-27(29)33(24-10-4-3-5-11-24)28-13-7-9-15-30(28)34/h3-16,18,20-21H,17,19H2,1-2H3. The highest BCUT2D eigenvalue weighted by Gasteiger charge is 2.20. The number of aromatic nitrogens is 1. The van der Waals surface area contributed by atoms with Gasteiger partial charge in [0.2, 0.25) is 5.89 Å². The first-order valence-corrected chi connectivity index (χ1v) is 12.9. The fraction of sp³-hybridized carbons (Fsp3) is 0.114. The maximum Gasteiger partial charge on any atom is 0.223 e. The molecule has 1 heterocycles. The molecule has 7 rings (SSSR count). The van der Waals surface area contributed by atoms with Crippen LogP contribution in [0.25, 0.3) is 54.9 Å². The van der Waals surface area contributed by atoms with E-state index in [1.165, 1.54) is 54.9 Å². The van der Waals surface area contributed by atoms with Gasteiger partial charge >= 0.3 is 0 Å². The van der Waals surface area contributed by atoms with Crippen molar-refractivity contribution in [3.8, 4) is 11.1 Å². The third-order valence-corrected chi connectivity index (χ3v) is 7.74. The number of fused-ring (bicyclic) bond motifs is 3. The summed E-state index contributed by atoms with van der Waals surface area (Å²) < 4.78 is 6.18. The van der Waals surface area contributed by atoms with Crippen LogP contribution < -0.4 is 0 Å². The van der Waals surface area contributed by atoms with E-state index >= 15 is 0 Å². The third kappa shape index (κ3) is 3.60. The second-order valence-corrected chi connectivity index (χ2v) is 10.0. The van der Waals surface area contributed by atoms with Crippen LogP contribution in [0.15, 0.2) is 108 Å². The fourth-order valence-electron chi connectivity index (χ4n) is 5.73. The van der Waals surface area contributed by atoms with Gasteiger partial charge in [-0.05, 0) is 93.8 Å². The second-order valence-electron chi connectivity index (χ2n) is 10.0. The van der Waals surface area contributed by atoms with E-state index in [1.807, 2.05) is 0 Å². The summed E-state index contributed by atoms with van der Waals surface area (Å²) in [7, 11) is 0. The molecule has 2 nitrogen and oxygen atoms in total. The molecule has 178 valence electrons. The van der Waals surface area contributed by atoms with Crippen molar-refractivity contribution in [3.63, 3.8) is 0 Å². The molecule has 0 unspecified atom stereocenters. The number of oxazole rings is 1. The van der Waals surface area contributed by atoms with Crippen molar-refractivity contribution < 1.29 is 4.42 Å². The number of rotatable bonds is 3. The van der Waals surface area contributed by atoms with Crippen molar-refractivity contribution >= 4 is 43.8 Å². The smallest absolute Gasteiger partial charge is 0.223 e. The fourth-order valence-corrected chi connectivity index (χ4v) is 5.73. The Kier molecular flexibility index (Phi) is 5.07. The van der Waals surface area contributed by atoms with Gasteiger partial charge in [-0.3, -0.25) is 0 Å². The molecular weight excluding hydrogens is 450 g/mol. The van der Waals surface area contributed by atoms with E-state index in [4.69, 9.17) is 9.40 Å². The van der Waals surface area contributed by atoms with Crippen LogP contribution in [0.1, 0.15) is 35.4 Å². The van der Waals surface area contributed by atoms with Crippen LogP contribution >= 0.6 is 0 Å². The molecule has 0 spiro atoms. The monoisotopic (exact) mass is 477 g/mol. The van der Waals surface area contributed by atoms with Crippen LogP contribution in [0.3, 0.4) is 0 Å². The molecule has 5 aromatic carbocycles. The molecule has 37 heavy (non-hydrogen) atoms. The molecule has 1 aliphatic rings. The van der Waals surface area contributed by atoms with Crippen molar-refractivity contribution in [2.75, 3.05) is 0 Å². The lowest BCUT2D eigenvalue weighted by atomic mass is 9.83. The lowest BCUT2D eigenvalue weighted by Gasteiger charge is -2.21. The summed E-state index contributed by atoms with van der Waals surface area (Å²) in [4.78, 5) is 4.82. The normalized spacial score (nSPS) is 13.8. The second kappa shape index (κ2) is 8.60. The largest absolute Gasteiger partial charge is 0.436 e. The van der Waals surface area contributed by atoms with Gasteiger partial charge in [0, 0.05) is 5.57 Å². The van der Waals surface area contributed by atoms with Gasteiger partial charge in [-0.1, -0.05) is 91.0 Å². The summed E-state index contributed by atoms with van der Waals surface area (Å²) in [6.07, 6.45) is 6.33. The maximum absolute atomic E-state index is 6.18. The number of aryl methyl sites for hydroxylation is 2. The lowest BCUT2D eigenvalue weighted by Crippen LogP contribution is -1.97. The zero-order chi connectivity index (χ0) is 24.9.